The van der Waals surface area contributed by atoms with E-state index in [2.05, 4.69) is 30.4 Å². The van der Waals surface area contributed by atoms with Crippen molar-refractivity contribution in [1.29, 1.82) is 0 Å². The van der Waals surface area contributed by atoms with Crippen molar-refractivity contribution in [2.24, 2.45) is 5.92 Å². The molecule has 2 unspecified atom stereocenters. The van der Waals surface area contributed by atoms with Crippen molar-refractivity contribution in [2.75, 3.05) is 17.2 Å². The minimum atomic E-state index is -3.42. The van der Waals surface area contributed by atoms with Crippen LogP contribution in [-0.4, -0.2) is 27.4 Å². The van der Waals surface area contributed by atoms with Gasteiger partial charge >= 0.3 is 16.5 Å². The highest BCUT2D eigenvalue weighted by Crippen LogP contribution is 2.40. The van der Waals surface area contributed by atoms with Crippen LogP contribution in [0, 0.1) is 5.92 Å². The van der Waals surface area contributed by atoms with Gasteiger partial charge in [-0.15, -0.1) is 0 Å². The van der Waals surface area contributed by atoms with E-state index in [0.29, 0.717) is 23.5 Å². The molecular weight excluding hydrogens is 532 g/mol. The van der Waals surface area contributed by atoms with Crippen LogP contribution in [0.3, 0.4) is 0 Å². The lowest BCUT2D eigenvalue weighted by Crippen LogP contribution is -2.25. The SMILES string of the molecule is CC(C)CONC(=O)c1ccc(Nc2ncc(Cl)c(Nc3ccccc3O[PH](=O)O[PH](=O)O)n2)cc1. The van der Waals surface area contributed by atoms with Gasteiger partial charge in [-0.05, 0) is 42.3 Å². The Labute approximate surface area is 213 Å². The predicted molar refractivity (Wildman–Crippen MR) is 137 cm³/mol. The molecule has 0 aliphatic heterocycles. The molecule has 12 nitrogen and oxygen atoms in total. The molecule has 0 bridgehead atoms. The number of hydrogen-bond acceptors (Lipinski definition) is 10. The van der Waals surface area contributed by atoms with Crippen LogP contribution < -0.4 is 20.6 Å². The van der Waals surface area contributed by atoms with Gasteiger partial charge in [0.1, 0.15) is 5.02 Å². The van der Waals surface area contributed by atoms with Crippen LogP contribution in [0.5, 0.6) is 5.75 Å². The second-order valence-electron chi connectivity index (χ2n) is 7.57. The lowest BCUT2D eigenvalue weighted by Gasteiger charge is -2.14. The molecule has 1 amide bonds. The third-order valence-corrected chi connectivity index (χ3v) is 6.26. The molecule has 1 heterocycles. The normalized spacial score (nSPS) is 12.6. The van der Waals surface area contributed by atoms with E-state index in [-0.39, 0.29) is 34.4 Å². The highest BCUT2D eigenvalue weighted by atomic mass is 35.5. The average molecular weight is 556 g/mol. The van der Waals surface area contributed by atoms with Crippen LogP contribution in [0.15, 0.2) is 54.7 Å². The molecule has 4 N–H and O–H groups in total. The van der Waals surface area contributed by atoms with Gasteiger partial charge in [-0.3, -0.25) is 14.2 Å². The molecule has 2 aromatic carbocycles. The van der Waals surface area contributed by atoms with Crippen molar-refractivity contribution in [2.45, 2.75) is 13.8 Å². The van der Waals surface area contributed by atoms with E-state index in [1.165, 1.54) is 12.3 Å². The Balaban J connectivity index is 1.69. The monoisotopic (exact) mass is 555 g/mol. The molecule has 0 fully saturated rings. The first kappa shape index (κ1) is 27.6. The van der Waals surface area contributed by atoms with E-state index < -0.39 is 16.5 Å². The summed E-state index contributed by atoms with van der Waals surface area (Å²) in [6, 6.07) is 13.0. The summed E-state index contributed by atoms with van der Waals surface area (Å²) in [5, 5.41) is 6.15. The zero-order valence-electron chi connectivity index (χ0n) is 19.1. The molecule has 192 valence electrons. The number of halogens is 1. The van der Waals surface area contributed by atoms with Crippen molar-refractivity contribution >= 4 is 57.2 Å². The molecule has 3 aromatic rings. The first-order valence-electron chi connectivity index (χ1n) is 10.5. The Morgan fingerprint density at radius 3 is 2.53 bits per heavy atom. The number of para-hydroxylation sites is 2. The third kappa shape index (κ3) is 8.60. The van der Waals surface area contributed by atoms with E-state index in [0.717, 1.165) is 0 Å². The maximum absolute atomic E-state index is 12.1. The summed E-state index contributed by atoms with van der Waals surface area (Å²) < 4.78 is 32.0. The van der Waals surface area contributed by atoms with Crippen molar-refractivity contribution in [3.63, 3.8) is 0 Å². The molecule has 0 saturated heterocycles. The van der Waals surface area contributed by atoms with Crippen molar-refractivity contribution in [3.8, 4) is 5.75 Å². The molecule has 0 spiro atoms. The second-order valence-corrected chi connectivity index (χ2v) is 10.0. The van der Waals surface area contributed by atoms with Crippen molar-refractivity contribution in [3.05, 3.63) is 65.3 Å². The lowest BCUT2D eigenvalue weighted by molar-refractivity contribution is 0.0208. The molecule has 0 saturated carbocycles. The smallest absolute Gasteiger partial charge is 0.374 e. The summed E-state index contributed by atoms with van der Waals surface area (Å²) in [5.41, 5.74) is 3.75. The van der Waals surface area contributed by atoms with E-state index in [1.54, 1.807) is 42.5 Å². The Bertz CT molecular complexity index is 1250. The number of benzene rings is 2. The first-order valence-corrected chi connectivity index (χ1v) is 13.4. The summed E-state index contributed by atoms with van der Waals surface area (Å²) in [6.45, 7) is 4.35. The van der Waals surface area contributed by atoms with Gasteiger partial charge in [0.25, 0.3) is 5.91 Å². The molecule has 0 radical (unpaired) electrons. The number of anilines is 4. The number of carbonyl (C=O) groups excluding carboxylic acids is 1. The van der Waals surface area contributed by atoms with Gasteiger partial charge in [-0.25, -0.2) is 19.3 Å². The average Bonchev–Trinajstić information content (AvgIpc) is 2.82. The highest BCUT2D eigenvalue weighted by molar-refractivity contribution is 7.47. The maximum Gasteiger partial charge on any atom is 0.374 e. The maximum atomic E-state index is 12.1. The summed E-state index contributed by atoms with van der Waals surface area (Å²) in [4.78, 5) is 34.5. The standard InChI is InChI=1S/C21H24ClN5O7P2/c1-13(2)12-32-27-20(28)14-7-9-15(10-8-14)24-21-23-11-16(22)19(26-21)25-17-5-3-4-6-18(17)33-36(31)34-35(29)30/h3-11,13,35-36H,12H2,1-2H3,(H,27,28)(H,29,30)(H2,23,24,25,26). The predicted octanol–water partition coefficient (Wildman–Crippen LogP) is 5.10. The zero-order chi connectivity index (χ0) is 26.1. The second kappa shape index (κ2) is 13.4. The topological polar surface area (TPSA) is 161 Å². The number of aromatic nitrogens is 2. The van der Waals surface area contributed by atoms with Gasteiger partial charge in [-0.1, -0.05) is 37.6 Å². The van der Waals surface area contributed by atoms with Crippen molar-refractivity contribution < 1.29 is 32.5 Å². The molecule has 1 aromatic heterocycles. The van der Waals surface area contributed by atoms with Crippen LogP contribution in [0.4, 0.5) is 23.1 Å². The summed E-state index contributed by atoms with van der Waals surface area (Å²) in [5.74, 6) is 0.430. The Morgan fingerprint density at radius 2 is 1.83 bits per heavy atom. The van der Waals surface area contributed by atoms with E-state index in [9.17, 15) is 13.9 Å². The zero-order valence-corrected chi connectivity index (χ0v) is 21.9. The van der Waals surface area contributed by atoms with Gasteiger partial charge in [0.15, 0.2) is 11.6 Å². The van der Waals surface area contributed by atoms with Gasteiger partial charge in [0.05, 0.1) is 18.5 Å². The molecule has 0 aliphatic carbocycles. The van der Waals surface area contributed by atoms with Gasteiger partial charge in [0, 0.05) is 11.3 Å². The molecule has 36 heavy (non-hydrogen) atoms. The Hall–Kier alpha value is -2.98. The largest absolute Gasteiger partial charge is 0.424 e. The molecule has 2 atom stereocenters. The summed E-state index contributed by atoms with van der Waals surface area (Å²) in [7, 11) is -6.67. The number of hydroxylamine groups is 1. The first-order chi connectivity index (χ1) is 17.2. The van der Waals surface area contributed by atoms with Crippen LogP contribution in [0.25, 0.3) is 0 Å². The van der Waals surface area contributed by atoms with E-state index >= 15 is 0 Å². The van der Waals surface area contributed by atoms with Crippen LogP contribution in [0.2, 0.25) is 5.02 Å². The van der Waals surface area contributed by atoms with Crippen LogP contribution in [-0.2, 0) is 18.3 Å². The quantitative estimate of drug-likeness (QED) is 0.174. The fourth-order valence-electron chi connectivity index (χ4n) is 2.65. The number of nitrogens with zero attached hydrogens (tertiary/aromatic N) is 2. The minimum Gasteiger partial charge on any atom is -0.424 e. The number of carbonyl (C=O) groups is 1. The minimum absolute atomic E-state index is 0.0973. The fraction of sp³-hybridized carbons (Fsp3) is 0.190. The molecule has 3 rings (SSSR count). The fourth-order valence-corrected chi connectivity index (χ4v) is 3.88. The molecular formula is C21H24ClN5O7P2. The Morgan fingerprint density at radius 1 is 1.11 bits per heavy atom. The highest BCUT2D eigenvalue weighted by Gasteiger charge is 2.13. The number of nitrogens with one attached hydrogen (secondary N) is 3. The summed E-state index contributed by atoms with van der Waals surface area (Å²) >= 11 is 6.23. The number of amides is 1. The summed E-state index contributed by atoms with van der Waals surface area (Å²) in [6.07, 6.45) is 1.38. The van der Waals surface area contributed by atoms with Gasteiger partial charge < -0.3 is 20.1 Å². The number of rotatable bonds is 12. The Kier molecular flexibility index (Phi) is 10.2. The van der Waals surface area contributed by atoms with Gasteiger partial charge in [0.2, 0.25) is 5.95 Å². The lowest BCUT2D eigenvalue weighted by atomic mass is 10.2. The molecule has 0 aliphatic rings. The molecule has 15 heteroatoms. The van der Waals surface area contributed by atoms with E-state index in [4.69, 9.17) is 25.9 Å². The van der Waals surface area contributed by atoms with Gasteiger partial charge in [-0.2, -0.15) is 4.98 Å². The number of hydrogen-bond donors (Lipinski definition) is 4. The third-order valence-electron chi connectivity index (χ3n) is 4.23. The van der Waals surface area contributed by atoms with Crippen molar-refractivity contribution in [1.82, 2.24) is 15.4 Å². The van der Waals surface area contributed by atoms with E-state index in [1.807, 2.05) is 13.8 Å². The van der Waals surface area contributed by atoms with Crippen LogP contribution in [0.1, 0.15) is 24.2 Å². The van der Waals surface area contributed by atoms with Crippen LogP contribution >= 0.6 is 28.1 Å².